The second-order valence-corrected chi connectivity index (χ2v) is 16.4. The molecule has 4 aromatic heterocycles. The molecule has 12 aromatic rings. The Bertz CT molecular complexity index is 3750. The van der Waals surface area contributed by atoms with Crippen LogP contribution in [0.3, 0.4) is 0 Å². The number of benzene rings is 8. The zero-order chi connectivity index (χ0) is 37.1. The van der Waals surface area contributed by atoms with Crippen LogP contribution < -0.4 is 0 Å². The summed E-state index contributed by atoms with van der Waals surface area (Å²) in [5, 5.41) is 30.9. The summed E-state index contributed by atoms with van der Waals surface area (Å²) in [6, 6.07) is 60.3. The lowest BCUT2D eigenvalue weighted by Crippen LogP contribution is -1.99. The first-order valence-corrected chi connectivity index (χ1v) is 20.1. The number of thiophene rings is 2. The van der Waals surface area contributed by atoms with E-state index < -0.39 is 0 Å². The summed E-state index contributed by atoms with van der Waals surface area (Å²) in [4.78, 5) is 0. The first-order chi connectivity index (χ1) is 27.7. The topological polar surface area (TPSA) is 57.4 Å². The molecule has 0 N–H and O–H groups in total. The van der Waals surface area contributed by atoms with E-state index in [1.165, 1.54) is 61.9 Å². The van der Waals surface area contributed by atoms with Gasteiger partial charge in [-0.05, 0) is 66.7 Å². The zero-order valence-corrected chi connectivity index (χ0v) is 31.2. The van der Waals surface area contributed by atoms with Gasteiger partial charge in [0.2, 0.25) is 0 Å². The van der Waals surface area contributed by atoms with E-state index >= 15 is 0 Å². The van der Waals surface area contributed by atoms with Gasteiger partial charge in [0, 0.05) is 79.7 Å². The van der Waals surface area contributed by atoms with Crippen molar-refractivity contribution < 1.29 is 0 Å². The van der Waals surface area contributed by atoms with Gasteiger partial charge in [-0.2, -0.15) is 10.5 Å². The quantitative estimate of drug-likeness (QED) is 0.181. The Labute approximate surface area is 328 Å². The summed E-state index contributed by atoms with van der Waals surface area (Å²) >= 11 is 3.63. The molecule has 0 aliphatic rings. The van der Waals surface area contributed by atoms with E-state index in [0.29, 0.717) is 11.1 Å². The zero-order valence-electron chi connectivity index (χ0n) is 29.6. The Kier molecular flexibility index (Phi) is 6.48. The fourth-order valence-electron chi connectivity index (χ4n) is 9.02. The van der Waals surface area contributed by atoms with Crippen LogP contribution in [0, 0.1) is 22.7 Å². The molecule has 12 rings (SSSR count). The molecule has 0 fully saturated rings. The van der Waals surface area contributed by atoms with Crippen molar-refractivity contribution in [2.75, 3.05) is 0 Å². The summed E-state index contributed by atoms with van der Waals surface area (Å²) in [6.45, 7) is 0. The van der Waals surface area contributed by atoms with Crippen molar-refractivity contribution in [1.82, 2.24) is 9.13 Å². The number of hydrogen-bond donors (Lipinski definition) is 0. The van der Waals surface area contributed by atoms with E-state index in [-0.39, 0.29) is 0 Å². The van der Waals surface area contributed by atoms with Crippen molar-refractivity contribution >= 4 is 107 Å². The molecule has 4 heterocycles. The lowest BCUT2D eigenvalue weighted by atomic mass is 9.95. The molecular formula is C50H26N4S2. The molecule has 6 heteroatoms. The Morgan fingerprint density at radius 1 is 0.393 bits per heavy atom. The van der Waals surface area contributed by atoms with Gasteiger partial charge in [-0.3, -0.25) is 0 Å². The third-order valence-electron chi connectivity index (χ3n) is 11.4. The maximum atomic E-state index is 10.6. The van der Waals surface area contributed by atoms with E-state index in [0.717, 1.165) is 44.6 Å². The van der Waals surface area contributed by atoms with Gasteiger partial charge in [-0.25, -0.2) is 0 Å². The Hall–Kier alpha value is -7.22. The molecule has 0 unspecified atom stereocenters. The van der Waals surface area contributed by atoms with Gasteiger partial charge in [0.15, 0.2) is 0 Å². The van der Waals surface area contributed by atoms with Crippen LogP contribution in [0.4, 0.5) is 0 Å². The lowest BCUT2D eigenvalue weighted by Gasteiger charge is -2.15. The number of para-hydroxylation sites is 2. The lowest BCUT2D eigenvalue weighted by molar-refractivity contribution is 1.18. The molecule has 0 amide bonds. The second kappa shape index (κ2) is 11.6. The summed E-state index contributed by atoms with van der Waals surface area (Å²) in [7, 11) is 0. The van der Waals surface area contributed by atoms with Crippen LogP contribution in [0.2, 0.25) is 0 Å². The van der Waals surface area contributed by atoms with Crippen molar-refractivity contribution in [3.05, 3.63) is 169 Å². The Morgan fingerprint density at radius 2 is 0.893 bits per heavy atom. The van der Waals surface area contributed by atoms with Crippen LogP contribution in [0.25, 0.3) is 106 Å². The molecule has 8 aromatic carbocycles. The molecule has 4 nitrogen and oxygen atoms in total. The van der Waals surface area contributed by atoms with E-state index in [2.05, 4.69) is 155 Å². The molecule has 0 saturated heterocycles. The number of nitrogens with zero attached hydrogens (tertiary/aromatic N) is 4. The summed E-state index contributed by atoms with van der Waals surface area (Å²) in [6.07, 6.45) is 0. The van der Waals surface area contributed by atoms with Gasteiger partial charge in [0.1, 0.15) is 0 Å². The monoisotopic (exact) mass is 746 g/mol. The number of fused-ring (bicyclic) bond motifs is 14. The molecule has 258 valence electrons. The fourth-order valence-corrected chi connectivity index (χ4v) is 11.4. The number of aromatic nitrogens is 2. The maximum absolute atomic E-state index is 10.6. The fraction of sp³-hybridized carbons (Fsp3) is 0. The van der Waals surface area contributed by atoms with Crippen LogP contribution >= 0.6 is 22.7 Å². The van der Waals surface area contributed by atoms with E-state index in [9.17, 15) is 10.5 Å². The molecule has 0 aliphatic heterocycles. The largest absolute Gasteiger partial charge is 0.309 e. The first-order valence-electron chi connectivity index (χ1n) is 18.5. The molecule has 0 bridgehead atoms. The smallest absolute Gasteiger partial charge is 0.0998 e. The van der Waals surface area contributed by atoms with Gasteiger partial charge in [0.05, 0.1) is 50.0 Å². The van der Waals surface area contributed by atoms with Gasteiger partial charge in [-0.15, -0.1) is 22.7 Å². The van der Waals surface area contributed by atoms with Gasteiger partial charge < -0.3 is 9.13 Å². The van der Waals surface area contributed by atoms with Crippen molar-refractivity contribution in [3.63, 3.8) is 0 Å². The average Bonchev–Trinajstić information content (AvgIpc) is 4.01. The molecule has 0 aliphatic carbocycles. The molecular weight excluding hydrogens is 721 g/mol. The van der Waals surface area contributed by atoms with Crippen molar-refractivity contribution in [3.8, 4) is 34.6 Å². The Balaban J connectivity index is 1.15. The van der Waals surface area contributed by atoms with Gasteiger partial charge >= 0.3 is 0 Å². The van der Waals surface area contributed by atoms with Crippen molar-refractivity contribution in [2.45, 2.75) is 0 Å². The maximum Gasteiger partial charge on any atom is 0.0998 e. The highest BCUT2D eigenvalue weighted by atomic mass is 32.1. The average molecular weight is 747 g/mol. The standard InChI is InChI=1S/C50H26N4S2/c51-27-29-17-19-31(53-42-13-5-1-9-33(42)36-23-24-46-47(48(36)53)39-12-4-8-16-45(39)55-46)25-40(29)41-26-32(20-18-30(41)28-52)54-43-14-6-2-10-34(43)37-21-22-38-35-11-3-7-15-44(35)56-50(38)49(37)54/h1-26H. The predicted octanol–water partition coefficient (Wildman–Crippen LogP) is 14.0. The van der Waals surface area contributed by atoms with Crippen molar-refractivity contribution in [1.29, 1.82) is 10.5 Å². The van der Waals surface area contributed by atoms with Gasteiger partial charge in [-0.1, -0.05) is 91.0 Å². The van der Waals surface area contributed by atoms with Crippen LogP contribution in [-0.2, 0) is 0 Å². The number of hydrogen-bond acceptors (Lipinski definition) is 4. The minimum absolute atomic E-state index is 0.517. The molecule has 0 saturated carbocycles. The highest BCUT2D eigenvalue weighted by Crippen LogP contribution is 2.45. The normalized spacial score (nSPS) is 11.9. The van der Waals surface area contributed by atoms with Gasteiger partial charge in [0.25, 0.3) is 0 Å². The minimum atomic E-state index is 0.517. The molecule has 0 spiro atoms. The Morgan fingerprint density at radius 3 is 1.54 bits per heavy atom. The molecule has 0 atom stereocenters. The van der Waals surface area contributed by atoms with E-state index in [1.54, 1.807) is 0 Å². The SMILES string of the molecule is N#Cc1ccc(-n2c3ccccc3c3ccc4c5ccccc5sc4c32)cc1-c1cc(-n2c3ccccc3c3ccc4sc5ccccc5c4c32)ccc1C#N. The van der Waals surface area contributed by atoms with E-state index in [1.807, 2.05) is 46.9 Å². The second-order valence-electron chi connectivity index (χ2n) is 14.3. The van der Waals surface area contributed by atoms with Crippen LogP contribution in [0.1, 0.15) is 11.1 Å². The summed E-state index contributed by atoms with van der Waals surface area (Å²) in [5.41, 5.74) is 8.83. The highest BCUT2D eigenvalue weighted by Gasteiger charge is 2.22. The van der Waals surface area contributed by atoms with E-state index in [4.69, 9.17) is 0 Å². The minimum Gasteiger partial charge on any atom is -0.309 e. The predicted molar refractivity (Wildman–Crippen MR) is 236 cm³/mol. The first kappa shape index (κ1) is 31.2. The third kappa shape index (κ3) is 4.20. The molecule has 0 radical (unpaired) electrons. The van der Waals surface area contributed by atoms with Crippen molar-refractivity contribution in [2.24, 2.45) is 0 Å². The van der Waals surface area contributed by atoms with Crippen LogP contribution in [0.5, 0.6) is 0 Å². The number of nitriles is 2. The summed E-state index contributed by atoms with van der Waals surface area (Å²) < 4.78 is 9.65. The molecule has 56 heavy (non-hydrogen) atoms. The van der Waals surface area contributed by atoms with Crippen LogP contribution in [-0.4, -0.2) is 9.13 Å². The highest BCUT2D eigenvalue weighted by molar-refractivity contribution is 7.26. The number of rotatable bonds is 3. The van der Waals surface area contributed by atoms with Crippen LogP contribution in [0.15, 0.2) is 158 Å². The third-order valence-corrected chi connectivity index (χ3v) is 13.7. The summed E-state index contributed by atoms with van der Waals surface area (Å²) in [5.74, 6) is 0.